The summed E-state index contributed by atoms with van der Waals surface area (Å²) in [5, 5.41) is 2.99. The number of hydrogen-bond acceptors (Lipinski definition) is 4. The zero-order valence-electron chi connectivity index (χ0n) is 17.3. The summed E-state index contributed by atoms with van der Waals surface area (Å²) in [5.41, 5.74) is 4.44. The van der Waals surface area contributed by atoms with Crippen molar-refractivity contribution in [2.75, 3.05) is 32.7 Å². The van der Waals surface area contributed by atoms with Gasteiger partial charge in [0, 0.05) is 43.7 Å². The van der Waals surface area contributed by atoms with Gasteiger partial charge in [-0.2, -0.15) is 0 Å². The summed E-state index contributed by atoms with van der Waals surface area (Å²) in [7, 11) is 0. The van der Waals surface area contributed by atoms with Crippen LogP contribution in [0.1, 0.15) is 16.8 Å². The van der Waals surface area contributed by atoms with Crippen molar-refractivity contribution in [3.8, 4) is 10.6 Å². The van der Waals surface area contributed by atoms with E-state index in [0.717, 1.165) is 49.0 Å². The molecule has 2 aromatic carbocycles. The molecule has 1 aliphatic rings. The van der Waals surface area contributed by atoms with Crippen molar-refractivity contribution < 1.29 is 4.79 Å². The van der Waals surface area contributed by atoms with Crippen molar-refractivity contribution >= 4 is 23.3 Å². The van der Waals surface area contributed by atoms with Gasteiger partial charge in [0.1, 0.15) is 5.01 Å². The fraction of sp³-hybridized carbons (Fsp3) is 0.280. The first-order valence-corrected chi connectivity index (χ1v) is 11.3. The van der Waals surface area contributed by atoms with E-state index < -0.39 is 0 Å². The van der Waals surface area contributed by atoms with E-state index in [9.17, 15) is 4.79 Å². The zero-order chi connectivity index (χ0) is 20.8. The number of carbonyl (C=O) groups excluding carboxylic acids is 1. The van der Waals surface area contributed by atoms with Crippen LogP contribution in [0.2, 0.25) is 0 Å². The molecule has 0 bridgehead atoms. The number of piperazine rings is 1. The second-order valence-electron chi connectivity index (χ2n) is 7.68. The standard InChI is InChI=1S/C25H27N3OS/c1-20-9-11-22(12-10-20)25-26-23(19-30-25)18-24(29)28-16-14-27(15-17-28)13-5-8-21-6-3-2-4-7-21/h2-12,19H,13-18H2,1H3/b8-5+. The van der Waals surface area contributed by atoms with Crippen molar-refractivity contribution in [3.05, 3.63) is 82.9 Å². The number of carbonyl (C=O) groups is 1. The third-order valence-corrected chi connectivity index (χ3v) is 6.32. The number of rotatable bonds is 6. The highest BCUT2D eigenvalue weighted by Crippen LogP contribution is 2.24. The van der Waals surface area contributed by atoms with Crippen molar-refractivity contribution in [2.24, 2.45) is 0 Å². The summed E-state index contributed by atoms with van der Waals surface area (Å²) in [4.78, 5) is 21.8. The maximum absolute atomic E-state index is 12.7. The molecule has 3 aromatic rings. The molecular formula is C25H27N3OS. The molecule has 0 spiro atoms. The lowest BCUT2D eigenvalue weighted by atomic mass is 10.2. The van der Waals surface area contributed by atoms with Gasteiger partial charge in [0.15, 0.2) is 0 Å². The molecule has 1 aliphatic heterocycles. The number of nitrogens with zero attached hydrogens (tertiary/aromatic N) is 3. The predicted octanol–water partition coefficient (Wildman–Crippen LogP) is 4.52. The first-order valence-electron chi connectivity index (χ1n) is 10.4. The van der Waals surface area contributed by atoms with Gasteiger partial charge in [-0.3, -0.25) is 9.69 Å². The highest BCUT2D eigenvalue weighted by Gasteiger charge is 2.21. The molecule has 0 unspecified atom stereocenters. The van der Waals surface area contributed by atoms with E-state index in [0.29, 0.717) is 6.42 Å². The van der Waals surface area contributed by atoms with Gasteiger partial charge < -0.3 is 4.90 Å². The van der Waals surface area contributed by atoms with Crippen LogP contribution in [0.4, 0.5) is 0 Å². The maximum atomic E-state index is 12.7. The molecule has 1 amide bonds. The Morgan fingerprint density at radius 3 is 2.50 bits per heavy atom. The van der Waals surface area contributed by atoms with Crippen LogP contribution >= 0.6 is 11.3 Å². The second kappa shape index (κ2) is 9.83. The normalized spacial score (nSPS) is 15.0. The molecule has 1 fully saturated rings. The van der Waals surface area contributed by atoms with Gasteiger partial charge in [-0.1, -0.05) is 72.3 Å². The quantitative estimate of drug-likeness (QED) is 0.592. The topological polar surface area (TPSA) is 36.4 Å². The van der Waals surface area contributed by atoms with Crippen LogP contribution in [0.15, 0.2) is 66.1 Å². The van der Waals surface area contributed by atoms with Gasteiger partial charge in [-0.05, 0) is 12.5 Å². The minimum atomic E-state index is 0.176. The van der Waals surface area contributed by atoms with Crippen LogP contribution in [0.3, 0.4) is 0 Å². The van der Waals surface area contributed by atoms with Crippen LogP contribution < -0.4 is 0 Å². The van der Waals surface area contributed by atoms with Gasteiger partial charge in [0.25, 0.3) is 0 Å². The van der Waals surface area contributed by atoms with E-state index in [1.807, 2.05) is 16.3 Å². The van der Waals surface area contributed by atoms with Crippen LogP contribution in [-0.4, -0.2) is 53.4 Å². The highest BCUT2D eigenvalue weighted by atomic mass is 32.1. The predicted molar refractivity (Wildman–Crippen MR) is 124 cm³/mol. The Kier molecular flexibility index (Phi) is 6.72. The summed E-state index contributed by atoms with van der Waals surface area (Å²) in [5.74, 6) is 0.176. The van der Waals surface area contributed by atoms with Crippen LogP contribution in [0.5, 0.6) is 0 Å². The van der Waals surface area contributed by atoms with E-state index >= 15 is 0 Å². The summed E-state index contributed by atoms with van der Waals surface area (Å²) >= 11 is 1.61. The van der Waals surface area contributed by atoms with Crippen LogP contribution in [0.25, 0.3) is 16.6 Å². The number of benzene rings is 2. The molecule has 0 radical (unpaired) electrons. The molecule has 30 heavy (non-hydrogen) atoms. The molecule has 0 aliphatic carbocycles. The highest BCUT2D eigenvalue weighted by molar-refractivity contribution is 7.13. The Morgan fingerprint density at radius 1 is 1.03 bits per heavy atom. The number of amides is 1. The van der Waals surface area contributed by atoms with Crippen molar-refractivity contribution in [1.82, 2.24) is 14.8 Å². The minimum Gasteiger partial charge on any atom is -0.340 e. The molecule has 0 saturated carbocycles. The molecule has 1 aromatic heterocycles. The third-order valence-electron chi connectivity index (χ3n) is 5.38. The smallest absolute Gasteiger partial charge is 0.228 e. The second-order valence-corrected chi connectivity index (χ2v) is 8.54. The molecular weight excluding hydrogens is 390 g/mol. The lowest BCUT2D eigenvalue weighted by molar-refractivity contribution is -0.132. The first kappa shape index (κ1) is 20.5. The average molecular weight is 418 g/mol. The Labute approximate surface area is 182 Å². The number of aromatic nitrogens is 1. The van der Waals surface area contributed by atoms with E-state index in [1.54, 1.807) is 11.3 Å². The van der Waals surface area contributed by atoms with Crippen molar-refractivity contribution in [1.29, 1.82) is 0 Å². The summed E-state index contributed by atoms with van der Waals surface area (Å²) in [6.45, 7) is 6.39. The Morgan fingerprint density at radius 2 is 1.77 bits per heavy atom. The maximum Gasteiger partial charge on any atom is 0.228 e. The largest absolute Gasteiger partial charge is 0.340 e. The molecule has 4 rings (SSSR count). The summed E-state index contributed by atoms with van der Waals surface area (Å²) in [6, 6.07) is 18.7. The summed E-state index contributed by atoms with van der Waals surface area (Å²) in [6.07, 6.45) is 4.75. The van der Waals surface area contributed by atoms with E-state index in [-0.39, 0.29) is 5.91 Å². The Balaban J connectivity index is 1.25. The van der Waals surface area contributed by atoms with Crippen molar-refractivity contribution in [2.45, 2.75) is 13.3 Å². The molecule has 1 saturated heterocycles. The van der Waals surface area contributed by atoms with Gasteiger partial charge in [-0.15, -0.1) is 11.3 Å². The van der Waals surface area contributed by atoms with Gasteiger partial charge in [0.05, 0.1) is 12.1 Å². The zero-order valence-corrected chi connectivity index (χ0v) is 18.1. The van der Waals surface area contributed by atoms with E-state index in [2.05, 4.69) is 77.5 Å². The molecule has 0 atom stereocenters. The number of thiazole rings is 1. The van der Waals surface area contributed by atoms with Crippen LogP contribution in [-0.2, 0) is 11.2 Å². The van der Waals surface area contributed by atoms with E-state index in [4.69, 9.17) is 0 Å². The van der Waals surface area contributed by atoms with Gasteiger partial charge in [-0.25, -0.2) is 4.98 Å². The molecule has 4 nitrogen and oxygen atoms in total. The number of aryl methyl sites for hydroxylation is 1. The van der Waals surface area contributed by atoms with Crippen molar-refractivity contribution in [3.63, 3.8) is 0 Å². The molecule has 154 valence electrons. The summed E-state index contributed by atoms with van der Waals surface area (Å²) < 4.78 is 0. The SMILES string of the molecule is Cc1ccc(-c2nc(CC(=O)N3CCN(C/C=C/c4ccccc4)CC3)cs2)cc1. The molecule has 2 heterocycles. The fourth-order valence-corrected chi connectivity index (χ4v) is 4.39. The minimum absolute atomic E-state index is 0.176. The first-order chi connectivity index (χ1) is 14.7. The Hall–Kier alpha value is -2.76. The lowest BCUT2D eigenvalue weighted by Crippen LogP contribution is -2.49. The monoisotopic (exact) mass is 417 g/mol. The van der Waals surface area contributed by atoms with Crippen LogP contribution in [0, 0.1) is 6.92 Å². The Bertz CT molecular complexity index is 987. The molecule has 0 N–H and O–H groups in total. The van der Waals surface area contributed by atoms with Gasteiger partial charge in [0.2, 0.25) is 5.91 Å². The lowest BCUT2D eigenvalue weighted by Gasteiger charge is -2.34. The van der Waals surface area contributed by atoms with E-state index in [1.165, 1.54) is 11.1 Å². The fourth-order valence-electron chi connectivity index (χ4n) is 3.57. The van der Waals surface area contributed by atoms with Gasteiger partial charge >= 0.3 is 0 Å². The third kappa shape index (κ3) is 5.43. The number of hydrogen-bond donors (Lipinski definition) is 0. The molecule has 5 heteroatoms. The average Bonchev–Trinajstić information content (AvgIpc) is 3.24.